The van der Waals surface area contributed by atoms with E-state index in [0.717, 1.165) is 12.1 Å². The lowest BCUT2D eigenvalue weighted by atomic mass is 10.1. The number of halogens is 4. The van der Waals surface area contributed by atoms with E-state index in [1.54, 1.807) is 19.1 Å². The molecule has 1 atom stereocenters. The summed E-state index contributed by atoms with van der Waals surface area (Å²) in [6.07, 6.45) is -3.15. The minimum Gasteiger partial charge on any atom is -0.478 e. The zero-order valence-corrected chi connectivity index (χ0v) is 18.8. The van der Waals surface area contributed by atoms with Crippen LogP contribution < -0.4 is 10.1 Å². The van der Waals surface area contributed by atoms with Gasteiger partial charge in [-0.25, -0.2) is 9.78 Å². The number of carboxylic acid groups (broad SMARTS) is 1. The third-order valence-electron chi connectivity index (χ3n) is 5.18. The van der Waals surface area contributed by atoms with Crippen molar-refractivity contribution >= 4 is 29.1 Å². The van der Waals surface area contributed by atoms with Crippen LogP contribution >= 0.6 is 11.6 Å². The van der Waals surface area contributed by atoms with Crippen molar-refractivity contribution in [1.29, 1.82) is 0 Å². The predicted molar refractivity (Wildman–Crippen MR) is 121 cm³/mol. The molecule has 4 aromatic rings. The van der Waals surface area contributed by atoms with Gasteiger partial charge in [0.1, 0.15) is 17.1 Å². The van der Waals surface area contributed by atoms with Crippen molar-refractivity contribution in [2.45, 2.75) is 19.1 Å². The second-order valence-corrected chi connectivity index (χ2v) is 8.03. The van der Waals surface area contributed by atoms with Gasteiger partial charge < -0.3 is 15.2 Å². The van der Waals surface area contributed by atoms with E-state index in [0.29, 0.717) is 11.2 Å². The molecular formula is C24H17ClF3N3O4. The van der Waals surface area contributed by atoms with E-state index >= 15 is 0 Å². The largest absolute Gasteiger partial charge is 0.478 e. The van der Waals surface area contributed by atoms with Crippen LogP contribution in [-0.4, -0.2) is 26.4 Å². The van der Waals surface area contributed by atoms with E-state index in [2.05, 4.69) is 10.3 Å². The molecule has 4 rings (SSSR count). The van der Waals surface area contributed by atoms with Crippen LogP contribution in [0.1, 0.15) is 44.9 Å². The van der Waals surface area contributed by atoms with Crippen molar-refractivity contribution in [3.05, 3.63) is 94.3 Å². The predicted octanol–water partition coefficient (Wildman–Crippen LogP) is 5.99. The van der Waals surface area contributed by atoms with E-state index in [-0.39, 0.29) is 27.9 Å². The maximum Gasteiger partial charge on any atom is 0.416 e. The molecule has 0 bridgehead atoms. The Bertz CT molecular complexity index is 1400. The number of carbonyl (C=O) groups excluding carboxylic acids is 1. The summed E-state index contributed by atoms with van der Waals surface area (Å²) in [6.45, 7) is 1.73. The molecule has 1 amide bonds. The number of pyridine rings is 1. The van der Waals surface area contributed by atoms with Gasteiger partial charge in [-0.05, 0) is 55.0 Å². The quantitative estimate of drug-likeness (QED) is 0.337. The molecule has 0 radical (unpaired) electrons. The number of ether oxygens (including phenoxy) is 1. The second-order valence-electron chi connectivity index (χ2n) is 7.60. The van der Waals surface area contributed by atoms with Crippen molar-refractivity contribution in [3.8, 4) is 11.6 Å². The summed E-state index contributed by atoms with van der Waals surface area (Å²) in [5, 5.41) is 12.1. The van der Waals surface area contributed by atoms with Crippen LogP contribution in [0.2, 0.25) is 5.02 Å². The third-order valence-corrected chi connectivity index (χ3v) is 5.40. The Morgan fingerprint density at radius 3 is 2.34 bits per heavy atom. The number of rotatable bonds is 6. The molecule has 2 aromatic heterocycles. The molecule has 0 aliphatic heterocycles. The molecule has 0 aliphatic carbocycles. The number of amides is 1. The van der Waals surface area contributed by atoms with E-state index in [9.17, 15) is 22.8 Å². The summed E-state index contributed by atoms with van der Waals surface area (Å²) in [6, 6.07) is 12.6. The molecule has 180 valence electrons. The van der Waals surface area contributed by atoms with Crippen molar-refractivity contribution in [2.24, 2.45) is 0 Å². The first-order chi connectivity index (χ1) is 16.5. The van der Waals surface area contributed by atoms with Gasteiger partial charge >= 0.3 is 12.1 Å². The average molecular weight is 504 g/mol. The minimum atomic E-state index is -4.48. The number of nitrogens with one attached hydrogen (secondary N) is 1. The zero-order chi connectivity index (χ0) is 25.3. The van der Waals surface area contributed by atoms with E-state index in [4.69, 9.17) is 21.4 Å². The number of imidazole rings is 1. The fourth-order valence-electron chi connectivity index (χ4n) is 3.39. The SMILES string of the molecule is C[C@H](NC(=O)c1cc(Cl)cc2ncc(Oc3ccc(C(F)(F)F)cc3)n12)c1ccc(C(=O)O)cc1. The Labute approximate surface area is 201 Å². The van der Waals surface area contributed by atoms with Crippen molar-refractivity contribution in [3.63, 3.8) is 0 Å². The molecule has 0 aliphatic rings. The first-order valence-corrected chi connectivity index (χ1v) is 10.6. The van der Waals surface area contributed by atoms with E-state index in [1.807, 2.05) is 0 Å². The van der Waals surface area contributed by atoms with Crippen LogP contribution in [0.25, 0.3) is 5.65 Å². The number of aromatic nitrogens is 2. The number of hydrogen-bond donors (Lipinski definition) is 2. The molecule has 11 heteroatoms. The van der Waals surface area contributed by atoms with Gasteiger partial charge in [0.05, 0.1) is 23.4 Å². The lowest BCUT2D eigenvalue weighted by molar-refractivity contribution is -0.137. The van der Waals surface area contributed by atoms with Crippen molar-refractivity contribution in [1.82, 2.24) is 14.7 Å². The van der Waals surface area contributed by atoms with Crippen LogP contribution in [-0.2, 0) is 6.18 Å². The van der Waals surface area contributed by atoms with Gasteiger partial charge in [0, 0.05) is 11.1 Å². The fourth-order valence-corrected chi connectivity index (χ4v) is 3.59. The molecule has 2 heterocycles. The Kier molecular flexibility index (Phi) is 6.40. The Morgan fingerprint density at radius 1 is 1.09 bits per heavy atom. The van der Waals surface area contributed by atoms with Gasteiger partial charge in [-0.2, -0.15) is 13.2 Å². The van der Waals surface area contributed by atoms with Gasteiger partial charge in [-0.15, -0.1) is 0 Å². The maximum absolute atomic E-state index is 13.1. The van der Waals surface area contributed by atoms with Gasteiger partial charge in [-0.1, -0.05) is 23.7 Å². The van der Waals surface area contributed by atoms with E-state index < -0.39 is 29.7 Å². The smallest absolute Gasteiger partial charge is 0.416 e. The lowest BCUT2D eigenvalue weighted by Gasteiger charge is -2.16. The number of carboxylic acids is 1. The normalized spacial score (nSPS) is 12.4. The molecule has 7 nitrogen and oxygen atoms in total. The highest BCUT2D eigenvalue weighted by Gasteiger charge is 2.30. The summed E-state index contributed by atoms with van der Waals surface area (Å²) in [4.78, 5) is 28.4. The number of benzene rings is 2. The van der Waals surface area contributed by atoms with E-state index in [1.165, 1.54) is 47.0 Å². The number of alkyl halides is 3. The second kappa shape index (κ2) is 9.30. The topological polar surface area (TPSA) is 92.9 Å². The molecule has 0 saturated carbocycles. The highest BCUT2D eigenvalue weighted by atomic mass is 35.5. The number of carbonyl (C=O) groups is 2. The minimum absolute atomic E-state index is 0.0842. The van der Waals surface area contributed by atoms with Gasteiger partial charge in [0.25, 0.3) is 5.91 Å². The molecule has 35 heavy (non-hydrogen) atoms. The van der Waals surface area contributed by atoms with Crippen LogP contribution in [0.15, 0.2) is 66.9 Å². The third kappa shape index (κ3) is 5.22. The Morgan fingerprint density at radius 2 is 1.74 bits per heavy atom. The summed E-state index contributed by atoms with van der Waals surface area (Å²) in [5.41, 5.74) is 0.352. The van der Waals surface area contributed by atoms with Crippen LogP contribution in [0.4, 0.5) is 13.2 Å². The summed E-state index contributed by atoms with van der Waals surface area (Å²) in [5.74, 6) is -1.37. The molecule has 0 unspecified atom stereocenters. The highest BCUT2D eigenvalue weighted by molar-refractivity contribution is 6.31. The summed E-state index contributed by atoms with van der Waals surface area (Å²) in [7, 11) is 0. The van der Waals surface area contributed by atoms with Crippen LogP contribution in [0, 0.1) is 0 Å². The van der Waals surface area contributed by atoms with Gasteiger partial charge in [0.2, 0.25) is 5.88 Å². The van der Waals surface area contributed by atoms with Gasteiger partial charge in [0.15, 0.2) is 0 Å². The monoisotopic (exact) mass is 503 g/mol. The molecular weight excluding hydrogens is 487 g/mol. The first kappa shape index (κ1) is 24.1. The average Bonchev–Trinajstić information content (AvgIpc) is 3.20. The molecule has 0 fully saturated rings. The van der Waals surface area contributed by atoms with Crippen LogP contribution in [0.3, 0.4) is 0 Å². The first-order valence-electron chi connectivity index (χ1n) is 10.2. The Hall–Kier alpha value is -4.05. The fraction of sp³-hybridized carbons (Fsp3) is 0.125. The standard InChI is InChI=1S/C24H17ClF3N3O4/c1-13(14-2-4-15(5-3-14)23(33)34)30-22(32)19-10-17(25)11-20-29-12-21(31(19)20)35-18-8-6-16(7-9-18)24(26,27)28/h2-13H,1H3,(H,30,32)(H,33,34)/t13-/m0/s1. The molecule has 0 spiro atoms. The molecule has 2 N–H and O–H groups in total. The summed E-state index contributed by atoms with van der Waals surface area (Å²) < 4.78 is 45.6. The maximum atomic E-state index is 13.1. The highest BCUT2D eigenvalue weighted by Crippen LogP contribution is 2.32. The number of nitrogens with zero attached hydrogens (tertiary/aromatic N) is 2. The van der Waals surface area contributed by atoms with Crippen LogP contribution in [0.5, 0.6) is 11.6 Å². The van der Waals surface area contributed by atoms with Crippen molar-refractivity contribution in [2.75, 3.05) is 0 Å². The summed E-state index contributed by atoms with van der Waals surface area (Å²) >= 11 is 6.16. The number of fused-ring (bicyclic) bond motifs is 1. The van der Waals surface area contributed by atoms with Crippen molar-refractivity contribution < 1.29 is 32.6 Å². The number of aromatic carboxylic acids is 1. The van der Waals surface area contributed by atoms with Gasteiger partial charge in [-0.3, -0.25) is 9.20 Å². The lowest BCUT2D eigenvalue weighted by Crippen LogP contribution is -2.28. The number of hydrogen-bond acceptors (Lipinski definition) is 4. The zero-order valence-electron chi connectivity index (χ0n) is 18.0. The molecule has 2 aromatic carbocycles. The molecule has 0 saturated heterocycles. The Balaban J connectivity index is 1.61.